The Kier molecular flexibility index (Phi) is 6.31. The van der Waals surface area contributed by atoms with E-state index < -0.39 is 5.97 Å². The molecule has 138 valence electrons. The SMILES string of the molecule is Cc1nnc(S/C(=C\c2ccc(OCc3ccc(Br)cc3)cc2)C(=O)O)o1. The van der Waals surface area contributed by atoms with Crippen molar-refractivity contribution < 1.29 is 19.1 Å². The number of nitrogens with zero attached hydrogens (tertiary/aromatic N) is 2. The number of carboxylic acid groups (broad SMARTS) is 1. The summed E-state index contributed by atoms with van der Waals surface area (Å²) in [7, 11) is 0. The van der Waals surface area contributed by atoms with Crippen LogP contribution in [0.1, 0.15) is 17.0 Å². The maximum Gasteiger partial charge on any atom is 0.342 e. The first-order chi connectivity index (χ1) is 13.0. The summed E-state index contributed by atoms with van der Waals surface area (Å²) in [4.78, 5) is 11.5. The van der Waals surface area contributed by atoms with E-state index in [1.807, 2.05) is 24.3 Å². The Hall–Kier alpha value is -2.58. The Labute approximate surface area is 168 Å². The minimum atomic E-state index is -1.06. The minimum Gasteiger partial charge on any atom is -0.489 e. The number of rotatable bonds is 7. The topological polar surface area (TPSA) is 85.5 Å². The molecule has 0 aliphatic carbocycles. The van der Waals surface area contributed by atoms with Crippen LogP contribution in [0, 0.1) is 6.92 Å². The number of hydrogen-bond acceptors (Lipinski definition) is 6. The lowest BCUT2D eigenvalue weighted by Crippen LogP contribution is -1.97. The highest BCUT2D eigenvalue weighted by atomic mass is 79.9. The lowest BCUT2D eigenvalue weighted by molar-refractivity contribution is -0.131. The zero-order chi connectivity index (χ0) is 19.2. The molecule has 0 unspecified atom stereocenters. The summed E-state index contributed by atoms with van der Waals surface area (Å²) < 4.78 is 12.0. The summed E-state index contributed by atoms with van der Waals surface area (Å²) in [5.41, 5.74) is 1.79. The Morgan fingerprint density at radius 1 is 1.19 bits per heavy atom. The van der Waals surface area contributed by atoms with Crippen molar-refractivity contribution in [2.45, 2.75) is 18.8 Å². The number of thioether (sulfide) groups is 1. The van der Waals surface area contributed by atoms with Gasteiger partial charge in [-0.05, 0) is 53.2 Å². The molecule has 0 bridgehead atoms. The Bertz CT molecular complexity index is 953. The summed E-state index contributed by atoms with van der Waals surface area (Å²) in [5, 5.41) is 17.1. The van der Waals surface area contributed by atoms with Crippen LogP contribution >= 0.6 is 27.7 Å². The molecule has 8 heteroatoms. The fraction of sp³-hybridized carbons (Fsp3) is 0.105. The second-order valence-corrected chi connectivity index (χ2v) is 7.40. The standard InChI is InChI=1S/C19H15BrN2O4S/c1-12-21-22-19(26-12)27-17(18(23)24)10-13-4-8-16(9-5-13)25-11-14-2-6-15(20)7-3-14/h2-10H,11H2,1H3,(H,23,24)/b17-10-. The fourth-order valence-corrected chi connectivity index (χ4v) is 3.09. The summed E-state index contributed by atoms with van der Waals surface area (Å²) in [5.74, 6) is 0.0213. The van der Waals surface area contributed by atoms with E-state index in [4.69, 9.17) is 9.15 Å². The van der Waals surface area contributed by atoms with Crippen molar-refractivity contribution in [3.63, 3.8) is 0 Å². The van der Waals surface area contributed by atoms with E-state index in [-0.39, 0.29) is 10.1 Å². The molecule has 0 aliphatic heterocycles. The number of benzene rings is 2. The third-order valence-corrected chi connectivity index (χ3v) is 4.79. The second-order valence-electron chi connectivity index (χ2n) is 5.49. The average Bonchev–Trinajstić information content (AvgIpc) is 3.06. The van der Waals surface area contributed by atoms with Gasteiger partial charge in [0.2, 0.25) is 5.89 Å². The van der Waals surface area contributed by atoms with E-state index in [0.29, 0.717) is 18.2 Å². The van der Waals surface area contributed by atoms with Crippen molar-refractivity contribution >= 4 is 39.7 Å². The monoisotopic (exact) mass is 446 g/mol. The molecule has 0 aliphatic rings. The first-order valence-electron chi connectivity index (χ1n) is 7.90. The summed E-state index contributed by atoms with van der Waals surface area (Å²) in [6, 6.07) is 15.1. The van der Waals surface area contributed by atoms with Crippen LogP contribution in [0.15, 0.2) is 67.5 Å². The Morgan fingerprint density at radius 3 is 2.48 bits per heavy atom. The second kappa shape index (κ2) is 8.88. The number of carbonyl (C=O) groups is 1. The van der Waals surface area contributed by atoms with Gasteiger partial charge in [0.05, 0.1) is 0 Å². The van der Waals surface area contributed by atoms with E-state index in [1.54, 1.807) is 37.3 Å². The predicted molar refractivity (Wildman–Crippen MR) is 105 cm³/mol. The zero-order valence-electron chi connectivity index (χ0n) is 14.3. The van der Waals surface area contributed by atoms with Gasteiger partial charge in [-0.25, -0.2) is 4.79 Å². The van der Waals surface area contributed by atoms with Crippen molar-refractivity contribution in [1.82, 2.24) is 10.2 Å². The lowest BCUT2D eigenvalue weighted by atomic mass is 10.2. The van der Waals surface area contributed by atoms with Crippen molar-refractivity contribution in [3.8, 4) is 5.75 Å². The van der Waals surface area contributed by atoms with Crippen LogP contribution in [0.2, 0.25) is 0 Å². The molecule has 0 amide bonds. The molecule has 27 heavy (non-hydrogen) atoms. The molecule has 6 nitrogen and oxygen atoms in total. The molecular weight excluding hydrogens is 432 g/mol. The Morgan fingerprint density at radius 2 is 1.89 bits per heavy atom. The first-order valence-corrected chi connectivity index (χ1v) is 9.51. The molecule has 0 atom stereocenters. The van der Waals surface area contributed by atoms with E-state index >= 15 is 0 Å². The Balaban J connectivity index is 1.66. The molecule has 0 saturated carbocycles. The molecule has 0 spiro atoms. The van der Waals surface area contributed by atoms with Gasteiger partial charge >= 0.3 is 5.97 Å². The van der Waals surface area contributed by atoms with Gasteiger partial charge in [-0.15, -0.1) is 10.2 Å². The number of halogens is 1. The fourth-order valence-electron chi connectivity index (χ4n) is 2.11. The third-order valence-electron chi connectivity index (χ3n) is 3.41. The molecule has 1 aromatic heterocycles. The third kappa shape index (κ3) is 5.70. The number of ether oxygens (including phenoxy) is 1. The first kappa shape index (κ1) is 19.2. The largest absolute Gasteiger partial charge is 0.489 e. The molecule has 3 aromatic rings. The molecular formula is C19H15BrN2O4S. The van der Waals surface area contributed by atoms with Crippen LogP contribution in [0.3, 0.4) is 0 Å². The summed E-state index contributed by atoms with van der Waals surface area (Å²) >= 11 is 4.31. The van der Waals surface area contributed by atoms with Gasteiger partial charge < -0.3 is 14.3 Å². The summed E-state index contributed by atoms with van der Waals surface area (Å²) in [6.45, 7) is 2.10. The summed E-state index contributed by atoms with van der Waals surface area (Å²) in [6.07, 6.45) is 1.55. The number of aliphatic carboxylic acids is 1. The molecule has 1 heterocycles. The quantitative estimate of drug-likeness (QED) is 0.406. The van der Waals surface area contributed by atoms with E-state index in [0.717, 1.165) is 27.4 Å². The number of hydrogen-bond donors (Lipinski definition) is 1. The smallest absolute Gasteiger partial charge is 0.342 e. The van der Waals surface area contributed by atoms with E-state index in [9.17, 15) is 9.90 Å². The predicted octanol–water partition coefficient (Wildman–Crippen LogP) is 4.94. The molecule has 0 fully saturated rings. The van der Waals surface area contributed by atoms with Crippen LogP contribution < -0.4 is 4.74 Å². The van der Waals surface area contributed by atoms with Crippen LogP contribution in [0.25, 0.3) is 6.08 Å². The van der Waals surface area contributed by atoms with Crippen molar-refractivity contribution in [2.75, 3.05) is 0 Å². The van der Waals surface area contributed by atoms with Gasteiger partial charge in [0.25, 0.3) is 5.22 Å². The van der Waals surface area contributed by atoms with Crippen LogP contribution in [0.5, 0.6) is 5.75 Å². The maximum atomic E-state index is 11.5. The maximum absolute atomic E-state index is 11.5. The van der Waals surface area contributed by atoms with Gasteiger partial charge in [0, 0.05) is 11.4 Å². The van der Waals surface area contributed by atoms with Crippen molar-refractivity contribution in [2.24, 2.45) is 0 Å². The van der Waals surface area contributed by atoms with Gasteiger partial charge in [0.1, 0.15) is 17.3 Å². The highest BCUT2D eigenvalue weighted by Crippen LogP contribution is 2.28. The average molecular weight is 447 g/mol. The number of aromatic nitrogens is 2. The molecule has 3 rings (SSSR count). The molecule has 0 saturated heterocycles. The van der Waals surface area contributed by atoms with Crippen molar-refractivity contribution in [3.05, 3.63) is 74.9 Å². The van der Waals surface area contributed by atoms with E-state index in [1.165, 1.54) is 0 Å². The van der Waals surface area contributed by atoms with Crippen LogP contribution in [-0.4, -0.2) is 21.3 Å². The number of aryl methyl sites for hydroxylation is 1. The van der Waals surface area contributed by atoms with Crippen molar-refractivity contribution in [1.29, 1.82) is 0 Å². The molecule has 0 radical (unpaired) electrons. The normalized spacial score (nSPS) is 11.4. The molecule has 2 aromatic carbocycles. The van der Waals surface area contributed by atoms with Crippen LogP contribution in [-0.2, 0) is 11.4 Å². The zero-order valence-corrected chi connectivity index (χ0v) is 16.7. The highest BCUT2D eigenvalue weighted by Gasteiger charge is 2.14. The highest BCUT2D eigenvalue weighted by molar-refractivity contribution is 9.10. The minimum absolute atomic E-state index is 0.0854. The van der Waals surface area contributed by atoms with Gasteiger partial charge in [-0.3, -0.25) is 0 Å². The van der Waals surface area contributed by atoms with E-state index in [2.05, 4.69) is 26.1 Å². The lowest BCUT2D eigenvalue weighted by Gasteiger charge is -2.07. The van der Waals surface area contributed by atoms with Gasteiger partial charge in [-0.2, -0.15) is 0 Å². The molecule has 1 N–H and O–H groups in total. The van der Waals surface area contributed by atoms with Gasteiger partial charge in [-0.1, -0.05) is 40.2 Å². The van der Waals surface area contributed by atoms with Crippen LogP contribution in [0.4, 0.5) is 0 Å². The number of carboxylic acids is 1. The van der Waals surface area contributed by atoms with Gasteiger partial charge in [0.15, 0.2) is 0 Å².